The Balaban J connectivity index is 1.62. The van der Waals surface area contributed by atoms with E-state index in [0.29, 0.717) is 24.2 Å². The molecule has 27 heavy (non-hydrogen) atoms. The summed E-state index contributed by atoms with van der Waals surface area (Å²) in [6, 6.07) is 16.0. The fraction of sp³-hybridized carbons (Fsp3) is 0.350. The number of ether oxygens (including phenoxy) is 1. The average molecular weight is 388 g/mol. The first-order chi connectivity index (χ1) is 12.9. The van der Waals surface area contributed by atoms with Gasteiger partial charge in [0.05, 0.1) is 17.6 Å². The summed E-state index contributed by atoms with van der Waals surface area (Å²) in [4.78, 5) is 12.3. The largest absolute Gasteiger partial charge is 0.364 e. The zero-order valence-electron chi connectivity index (χ0n) is 15.0. The van der Waals surface area contributed by atoms with Crippen molar-refractivity contribution in [2.45, 2.75) is 36.6 Å². The third-order valence-electron chi connectivity index (χ3n) is 4.47. The van der Waals surface area contributed by atoms with Crippen LogP contribution >= 0.6 is 0 Å². The van der Waals surface area contributed by atoms with E-state index in [-0.39, 0.29) is 23.5 Å². The number of hydrogen-bond donors (Lipinski definition) is 2. The molecular formula is C20H24N2O4S. The Labute approximate surface area is 159 Å². The van der Waals surface area contributed by atoms with Crippen LogP contribution in [0.2, 0.25) is 0 Å². The highest BCUT2D eigenvalue weighted by molar-refractivity contribution is 7.89. The predicted octanol–water partition coefficient (Wildman–Crippen LogP) is 2.25. The molecule has 0 spiro atoms. The van der Waals surface area contributed by atoms with Crippen LogP contribution in [0.25, 0.3) is 0 Å². The molecule has 1 amide bonds. The van der Waals surface area contributed by atoms with E-state index in [9.17, 15) is 13.2 Å². The summed E-state index contributed by atoms with van der Waals surface area (Å²) in [6.45, 7) is 0.401. The maximum atomic E-state index is 12.5. The quantitative estimate of drug-likeness (QED) is 0.758. The molecule has 0 saturated carbocycles. The zero-order chi connectivity index (χ0) is 19.3. The summed E-state index contributed by atoms with van der Waals surface area (Å²) < 4.78 is 30.5. The minimum absolute atomic E-state index is 0.0131. The molecule has 7 heteroatoms. The van der Waals surface area contributed by atoms with E-state index in [4.69, 9.17) is 10.5 Å². The van der Waals surface area contributed by atoms with Gasteiger partial charge >= 0.3 is 0 Å². The van der Waals surface area contributed by atoms with E-state index in [2.05, 4.69) is 5.32 Å². The molecular weight excluding hydrogens is 364 g/mol. The number of nitrogens with two attached hydrogens (primary N) is 1. The van der Waals surface area contributed by atoms with Gasteiger partial charge in [0.2, 0.25) is 0 Å². The van der Waals surface area contributed by atoms with Gasteiger partial charge in [-0.05, 0) is 36.1 Å². The van der Waals surface area contributed by atoms with Crippen LogP contribution in [0.5, 0.6) is 0 Å². The van der Waals surface area contributed by atoms with E-state index < -0.39 is 15.9 Å². The minimum Gasteiger partial charge on any atom is -0.364 e. The van der Waals surface area contributed by atoms with Crippen molar-refractivity contribution < 1.29 is 17.9 Å². The molecule has 0 radical (unpaired) electrons. The molecule has 1 aliphatic heterocycles. The van der Waals surface area contributed by atoms with E-state index >= 15 is 0 Å². The zero-order valence-corrected chi connectivity index (χ0v) is 15.8. The Morgan fingerprint density at radius 3 is 2.44 bits per heavy atom. The van der Waals surface area contributed by atoms with Crippen molar-refractivity contribution >= 4 is 21.4 Å². The van der Waals surface area contributed by atoms with Crippen molar-refractivity contribution in [2.24, 2.45) is 5.73 Å². The Morgan fingerprint density at radius 1 is 1.04 bits per heavy atom. The minimum atomic E-state index is -3.31. The van der Waals surface area contributed by atoms with Crippen molar-refractivity contribution in [1.82, 2.24) is 0 Å². The van der Waals surface area contributed by atoms with Gasteiger partial charge in [-0.15, -0.1) is 0 Å². The van der Waals surface area contributed by atoms with Gasteiger partial charge in [0.1, 0.15) is 6.10 Å². The van der Waals surface area contributed by atoms with Crippen molar-refractivity contribution in [3.63, 3.8) is 0 Å². The number of rotatable bonds is 7. The predicted molar refractivity (Wildman–Crippen MR) is 105 cm³/mol. The smallest absolute Gasteiger partial charge is 0.253 e. The molecule has 2 aromatic rings. The average Bonchev–Trinajstić information content (AvgIpc) is 3.11. The lowest BCUT2D eigenvalue weighted by molar-refractivity contribution is -0.126. The van der Waals surface area contributed by atoms with Gasteiger partial charge in [0.15, 0.2) is 9.84 Å². The topological polar surface area (TPSA) is 98.5 Å². The van der Waals surface area contributed by atoms with Gasteiger partial charge in [-0.1, -0.05) is 42.5 Å². The van der Waals surface area contributed by atoms with Crippen LogP contribution in [0.3, 0.4) is 0 Å². The van der Waals surface area contributed by atoms with Crippen LogP contribution in [0.1, 0.15) is 24.0 Å². The first kappa shape index (κ1) is 19.5. The third kappa shape index (κ3) is 5.63. The first-order valence-corrected chi connectivity index (χ1v) is 10.8. The maximum Gasteiger partial charge on any atom is 0.253 e. The summed E-state index contributed by atoms with van der Waals surface area (Å²) >= 11 is 0. The van der Waals surface area contributed by atoms with E-state index in [1.807, 2.05) is 18.2 Å². The van der Waals surface area contributed by atoms with Crippen molar-refractivity contribution in [1.29, 1.82) is 0 Å². The normalized spacial score (nSPS) is 19.7. The molecule has 1 fully saturated rings. The standard InChI is InChI=1S/C20H24N2O4S/c21-12-18-9-10-19(26-18)20(23)22-17-8-4-7-16(11-17)14-27(24,25)13-15-5-2-1-3-6-15/h1-8,11,18-19H,9-10,12-14,21H2,(H,22,23)/t18-,19+/m1/s1. The fourth-order valence-electron chi connectivity index (χ4n) is 3.17. The fourth-order valence-corrected chi connectivity index (χ4v) is 4.66. The molecule has 1 aliphatic rings. The highest BCUT2D eigenvalue weighted by Crippen LogP contribution is 2.21. The van der Waals surface area contributed by atoms with Crippen LogP contribution in [0.4, 0.5) is 5.69 Å². The molecule has 2 atom stereocenters. The highest BCUT2D eigenvalue weighted by Gasteiger charge is 2.29. The summed E-state index contributed by atoms with van der Waals surface area (Å²) in [5, 5.41) is 2.80. The van der Waals surface area contributed by atoms with Crippen molar-refractivity contribution in [3.8, 4) is 0 Å². The molecule has 0 unspecified atom stereocenters. The molecule has 2 aromatic carbocycles. The van der Waals surface area contributed by atoms with Crippen molar-refractivity contribution in [3.05, 3.63) is 65.7 Å². The maximum absolute atomic E-state index is 12.5. The monoisotopic (exact) mass is 388 g/mol. The molecule has 144 valence electrons. The lowest BCUT2D eigenvalue weighted by Crippen LogP contribution is -2.29. The molecule has 0 aromatic heterocycles. The van der Waals surface area contributed by atoms with Gasteiger partial charge in [-0.2, -0.15) is 0 Å². The summed E-state index contributed by atoms with van der Waals surface area (Å²) in [6.07, 6.45) is 0.824. The molecule has 3 rings (SSSR count). The lowest BCUT2D eigenvalue weighted by Gasteiger charge is -2.13. The van der Waals surface area contributed by atoms with Crippen LogP contribution in [0, 0.1) is 0 Å². The Hall–Kier alpha value is -2.22. The van der Waals surface area contributed by atoms with Crippen LogP contribution < -0.4 is 11.1 Å². The Bertz CT molecular complexity index is 884. The second kappa shape index (κ2) is 8.65. The number of sulfone groups is 1. The summed E-state index contributed by atoms with van der Waals surface area (Å²) in [7, 11) is -3.31. The van der Waals surface area contributed by atoms with E-state index in [1.165, 1.54) is 0 Å². The van der Waals surface area contributed by atoms with Crippen LogP contribution in [0.15, 0.2) is 54.6 Å². The second-order valence-electron chi connectivity index (χ2n) is 6.77. The number of nitrogens with one attached hydrogen (secondary N) is 1. The molecule has 6 nitrogen and oxygen atoms in total. The molecule has 1 heterocycles. The first-order valence-electron chi connectivity index (χ1n) is 8.95. The molecule has 0 aliphatic carbocycles. The number of carbonyl (C=O) groups excluding carboxylic acids is 1. The SMILES string of the molecule is NC[C@H]1CC[C@@H](C(=O)Nc2cccc(CS(=O)(=O)Cc3ccccc3)c2)O1. The van der Waals surface area contributed by atoms with Gasteiger partial charge in [-0.25, -0.2) is 8.42 Å². The molecule has 3 N–H and O–H groups in total. The second-order valence-corrected chi connectivity index (χ2v) is 8.83. The summed E-state index contributed by atoms with van der Waals surface area (Å²) in [5.41, 5.74) is 7.53. The highest BCUT2D eigenvalue weighted by atomic mass is 32.2. The van der Waals surface area contributed by atoms with Gasteiger partial charge in [0, 0.05) is 12.2 Å². The van der Waals surface area contributed by atoms with E-state index in [0.717, 1.165) is 12.0 Å². The number of hydrogen-bond acceptors (Lipinski definition) is 5. The number of anilines is 1. The Kier molecular flexibility index (Phi) is 6.26. The van der Waals surface area contributed by atoms with Crippen LogP contribution in [-0.2, 0) is 30.9 Å². The molecule has 1 saturated heterocycles. The van der Waals surface area contributed by atoms with Gasteiger partial charge in [-0.3, -0.25) is 4.79 Å². The number of carbonyl (C=O) groups is 1. The summed E-state index contributed by atoms with van der Waals surface area (Å²) in [5.74, 6) is -0.322. The van der Waals surface area contributed by atoms with Crippen molar-refractivity contribution in [2.75, 3.05) is 11.9 Å². The third-order valence-corrected chi connectivity index (χ3v) is 6.02. The number of amides is 1. The van der Waals surface area contributed by atoms with Gasteiger partial charge in [0.25, 0.3) is 5.91 Å². The van der Waals surface area contributed by atoms with Gasteiger partial charge < -0.3 is 15.8 Å². The van der Waals surface area contributed by atoms with Crippen LogP contribution in [-0.4, -0.2) is 33.1 Å². The Morgan fingerprint density at radius 2 is 1.74 bits per heavy atom. The van der Waals surface area contributed by atoms with E-state index in [1.54, 1.807) is 36.4 Å². The lowest BCUT2D eigenvalue weighted by atomic mass is 10.1. The number of benzene rings is 2. The molecule has 0 bridgehead atoms.